The van der Waals surface area contributed by atoms with Gasteiger partial charge < -0.3 is 14.8 Å². The molecule has 0 radical (unpaired) electrons. The predicted octanol–water partition coefficient (Wildman–Crippen LogP) is 3.96. The number of pyridine rings is 1. The maximum absolute atomic E-state index is 5.72. The molecule has 0 saturated carbocycles. The van der Waals surface area contributed by atoms with Crippen molar-refractivity contribution in [1.82, 2.24) is 10.3 Å². The van der Waals surface area contributed by atoms with Gasteiger partial charge in [-0.15, -0.1) is 12.4 Å². The van der Waals surface area contributed by atoms with Crippen LogP contribution in [0.15, 0.2) is 41.1 Å². The van der Waals surface area contributed by atoms with Gasteiger partial charge in [0.15, 0.2) is 11.5 Å². The summed E-state index contributed by atoms with van der Waals surface area (Å²) < 4.78 is 12.1. The number of halogens is 2. The lowest BCUT2D eigenvalue weighted by Crippen LogP contribution is -2.14. The first-order valence-corrected chi connectivity index (χ1v) is 7.62. The Morgan fingerprint density at radius 1 is 1.27 bits per heavy atom. The maximum atomic E-state index is 5.72. The molecular weight excluding hydrogens is 368 g/mol. The van der Waals surface area contributed by atoms with E-state index in [2.05, 4.69) is 26.2 Å². The highest BCUT2D eigenvalue weighted by Gasteiger charge is 2.12. The van der Waals surface area contributed by atoms with Crippen molar-refractivity contribution in [2.45, 2.75) is 20.0 Å². The van der Waals surface area contributed by atoms with E-state index in [9.17, 15) is 0 Å². The van der Waals surface area contributed by atoms with Gasteiger partial charge in [-0.1, -0.05) is 22.0 Å². The summed E-state index contributed by atoms with van der Waals surface area (Å²) in [5.41, 5.74) is 2.21. The summed E-state index contributed by atoms with van der Waals surface area (Å²) in [4.78, 5) is 4.11. The van der Waals surface area contributed by atoms with E-state index in [0.29, 0.717) is 13.2 Å². The van der Waals surface area contributed by atoms with E-state index in [1.165, 1.54) is 0 Å². The molecule has 120 valence electrons. The van der Waals surface area contributed by atoms with Crippen LogP contribution in [0, 0.1) is 0 Å². The normalized spacial score (nSPS) is 9.95. The highest BCUT2D eigenvalue weighted by atomic mass is 79.9. The van der Waals surface area contributed by atoms with E-state index >= 15 is 0 Å². The smallest absolute Gasteiger partial charge is 0.165 e. The molecule has 1 aromatic heterocycles. The van der Waals surface area contributed by atoms with E-state index in [4.69, 9.17) is 9.47 Å². The molecule has 0 saturated heterocycles. The van der Waals surface area contributed by atoms with Gasteiger partial charge in [0.1, 0.15) is 0 Å². The summed E-state index contributed by atoms with van der Waals surface area (Å²) in [6, 6.07) is 7.94. The molecule has 0 unspecified atom stereocenters. The quantitative estimate of drug-likeness (QED) is 0.781. The number of rotatable bonds is 7. The largest absolute Gasteiger partial charge is 0.493 e. The third-order valence-electron chi connectivity index (χ3n) is 2.97. The molecule has 1 N–H and O–H groups in total. The summed E-state index contributed by atoms with van der Waals surface area (Å²) in [6.45, 7) is 4.02. The molecule has 0 amide bonds. The lowest BCUT2D eigenvalue weighted by molar-refractivity contribution is 0.306. The Hall–Kier alpha value is -1.30. The van der Waals surface area contributed by atoms with Crippen LogP contribution < -0.4 is 14.8 Å². The molecule has 0 aliphatic rings. The second-order valence-electron chi connectivity index (χ2n) is 4.49. The maximum Gasteiger partial charge on any atom is 0.165 e. The summed E-state index contributed by atoms with van der Waals surface area (Å²) in [5, 5.41) is 3.40. The fraction of sp³-hybridized carbons (Fsp3) is 0.312. The van der Waals surface area contributed by atoms with E-state index in [-0.39, 0.29) is 12.4 Å². The van der Waals surface area contributed by atoms with Crippen molar-refractivity contribution in [3.63, 3.8) is 0 Å². The third kappa shape index (κ3) is 5.16. The first-order valence-electron chi connectivity index (χ1n) is 6.83. The highest BCUT2D eigenvalue weighted by molar-refractivity contribution is 9.10. The lowest BCUT2D eigenvalue weighted by Gasteiger charge is -2.15. The van der Waals surface area contributed by atoms with Crippen LogP contribution in [-0.2, 0) is 13.1 Å². The fourth-order valence-corrected chi connectivity index (χ4v) is 2.54. The van der Waals surface area contributed by atoms with Crippen molar-refractivity contribution in [3.05, 3.63) is 52.3 Å². The molecule has 2 aromatic rings. The SMILES string of the molecule is CCOc1c(CNCc2cccnc2)cc(Br)cc1OC.Cl. The van der Waals surface area contributed by atoms with Crippen LogP contribution in [-0.4, -0.2) is 18.7 Å². The van der Waals surface area contributed by atoms with Crippen molar-refractivity contribution in [1.29, 1.82) is 0 Å². The molecule has 2 rings (SSSR count). The molecule has 0 fully saturated rings. The molecule has 6 heteroatoms. The molecule has 0 aliphatic heterocycles. The Bertz CT molecular complexity index is 582. The minimum absolute atomic E-state index is 0. The molecule has 0 bridgehead atoms. The lowest BCUT2D eigenvalue weighted by atomic mass is 10.1. The monoisotopic (exact) mass is 386 g/mol. The van der Waals surface area contributed by atoms with Crippen molar-refractivity contribution < 1.29 is 9.47 Å². The van der Waals surface area contributed by atoms with E-state index < -0.39 is 0 Å². The molecule has 0 aliphatic carbocycles. The molecule has 1 heterocycles. The Kier molecular flexibility index (Phi) is 8.24. The third-order valence-corrected chi connectivity index (χ3v) is 3.43. The van der Waals surface area contributed by atoms with E-state index in [0.717, 1.165) is 33.6 Å². The molecular formula is C16H20BrClN2O2. The van der Waals surface area contributed by atoms with Crippen LogP contribution in [0.4, 0.5) is 0 Å². The van der Waals surface area contributed by atoms with Crippen molar-refractivity contribution in [3.8, 4) is 11.5 Å². The average molecular weight is 388 g/mol. The zero-order chi connectivity index (χ0) is 15.1. The molecule has 22 heavy (non-hydrogen) atoms. The van der Waals surface area contributed by atoms with Gasteiger partial charge in [-0.2, -0.15) is 0 Å². The van der Waals surface area contributed by atoms with Crippen molar-refractivity contribution in [2.24, 2.45) is 0 Å². The number of benzene rings is 1. The van der Waals surface area contributed by atoms with Gasteiger partial charge in [0, 0.05) is 35.5 Å². The Labute approximate surface area is 145 Å². The Morgan fingerprint density at radius 3 is 2.73 bits per heavy atom. The van der Waals surface area contributed by atoms with Gasteiger partial charge in [0.2, 0.25) is 0 Å². The second-order valence-corrected chi connectivity index (χ2v) is 5.41. The summed E-state index contributed by atoms with van der Waals surface area (Å²) in [5.74, 6) is 1.53. The van der Waals surface area contributed by atoms with Gasteiger partial charge >= 0.3 is 0 Å². The number of nitrogens with zero attached hydrogens (tertiary/aromatic N) is 1. The minimum Gasteiger partial charge on any atom is -0.493 e. The van der Waals surface area contributed by atoms with Crippen LogP contribution in [0.1, 0.15) is 18.1 Å². The molecule has 4 nitrogen and oxygen atoms in total. The predicted molar refractivity (Wildman–Crippen MR) is 93.9 cm³/mol. The van der Waals surface area contributed by atoms with Gasteiger partial charge in [-0.05, 0) is 30.7 Å². The Balaban J connectivity index is 0.00000242. The van der Waals surface area contributed by atoms with Crippen LogP contribution in [0.25, 0.3) is 0 Å². The van der Waals surface area contributed by atoms with Crippen LogP contribution in [0.2, 0.25) is 0 Å². The minimum atomic E-state index is 0. The average Bonchev–Trinajstić information content (AvgIpc) is 2.50. The van der Waals surface area contributed by atoms with Crippen molar-refractivity contribution in [2.75, 3.05) is 13.7 Å². The standard InChI is InChI=1S/C16H19BrN2O2.ClH/c1-3-21-16-13(7-14(17)8-15(16)20-2)11-19-10-12-5-4-6-18-9-12;/h4-9,19H,3,10-11H2,1-2H3;1H. The van der Waals surface area contributed by atoms with Crippen LogP contribution >= 0.6 is 28.3 Å². The number of ether oxygens (including phenoxy) is 2. The van der Waals surface area contributed by atoms with Gasteiger partial charge in [-0.25, -0.2) is 0 Å². The number of nitrogens with one attached hydrogen (secondary N) is 1. The van der Waals surface area contributed by atoms with Crippen LogP contribution in [0.5, 0.6) is 11.5 Å². The first-order chi connectivity index (χ1) is 10.2. The first kappa shape index (κ1) is 18.7. The molecule has 0 atom stereocenters. The van der Waals surface area contributed by atoms with Gasteiger partial charge in [0.25, 0.3) is 0 Å². The van der Waals surface area contributed by atoms with E-state index in [1.54, 1.807) is 13.3 Å². The van der Waals surface area contributed by atoms with Crippen LogP contribution in [0.3, 0.4) is 0 Å². The molecule has 0 spiro atoms. The second kappa shape index (κ2) is 9.66. The summed E-state index contributed by atoms with van der Waals surface area (Å²) >= 11 is 3.50. The Morgan fingerprint density at radius 2 is 2.09 bits per heavy atom. The number of hydrogen-bond acceptors (Lipinski definition) is 4. The summed E-state index contributed by atoms with van der Waals surface area (Å²) in [7, 11) is 1.65. The number of aromatic nitrogens is 1. The van der Waals surface area contributed by atoms with Gasteiger partial charge in [0.05, 0.1) is 13.7 Å². The number of methoxy groups -OCH3 is 1. The zero-order valence-corrected chi connectivity index (χ0v) is 15.0. The fourth-order valence-electron chi connectivity index (χ4n) is 2.06. The highest BCUT2D eigenvalue weighted by Crippen LogP contribution is 2.34. The summed E-state index contributed by atoms with van der Waals surface area (Å²) in [6.07, 6.45) is 3.63. The van der Waals surface area contributed by atoms with E-state index in [1.807, 2.05) is 37.4 Å². The molecule has 1 aromatic carbocycles. The number of hydrogen-bond donors (Lipinski definition) is 1. The zero-order valence-electron chi connectivity index (χ0n) is 12.6. The van der Waals surface area contributed by atoms with Gasteiger partial charge in [-0.3, -0.25) is 4.98 Å². The topological polar surface area (TPSA) is 43.4 Å². The van der Waals surface area contributed by atoms with Crippen molar-refractivity contribution >= 4 is 28.3 Å².